The SMILES string of the molecule is CCCOC(=O)C(OC(=O)C(C)(C)C)c1ccccn1. The number of nitrogens with zero attached hydrogens (tertiary/aromatic N) is 1. The van der Waals surface area contributed by atoms with Gasteiger partial charge in [0.2, 0.25) is 6.10 Å². The first kappa shape index (κ1) is 16.1. The largest absolute Gasteiger partial charge is 0.463 e. The minimum Gasteiger partial charge on any atom is -0.463 e. The summed E-state index contributed by atoms with van der Waals surface area (Å²) in [4.78, 5) is 28.1. The first-order valence-corrected chi connectivity index (χ1v) is 6.65. The summed E-state index contributed by atoms with van der Waals surface area (Å²) in [6.07, 6.45) is 1.13. The van der Waals surface area contributed by atoms with Gasteiger partial charge >= 0.3 is 11.9 Å². The third-order valence-electron chi connectivity index (χ3n) is 2.46. The van der Waals surface area contributed by atoms with Gasteiger partial charge in [-0.1, -0.05) is 13.0 Å². The summed E-state index contributed by atoms with van der Waals surface area (Å²) in [6.45, 7) is 7.35. The Morgan fingerprint density at radius 3 is 2.50 bits per heavy atom. The van der Waals surface area contributed by atoms with E-state index in [2.05, 4.69) is 4.98 Å². The van der Waals surface area contributed by atoms with Crippen LogP contribution < -0.4 is 0 Å². The zero-order chi connectivity index (χ0) is 15.2. The Morgan fingerprint density at radius 1 is 1.30 bits per heavy atom. The molecule has 1 atom stereocenters. The quantitative estimate of drug-likeness (QED) is 0.775. The molecule has 0 fully saturated rings. The van der Waals surface area contributed by atoms with Gasteiger partial charge in [-0.2, -0.15) is 0 Å². The summed E-state index contributed by atoms with van der Waals surface area (Å²) in [6, 6.07) is 5.09. The Bertz CT molecular complexity index is 451. The van der Waals surface area contributed by atoms with Gasteiger partial charge in [-0.3, -0.25) is 9.78 Å². The smallest absolute Gasteiger partial charge is 0.353 e. The summed E-state index contributed by atoms with van der Waals surface area (Å²) in [5.74, 6) is -1.07. The molecule has 110 valence electrons. The standard InChI is InChI=1S/C15H21NO4/c1-5-10-19-13(17)12(11-8-6-7-9-16-11)20-14(18)15(2,3)4/h6-9,12H,5,10H2,1-4H3. The van der Waals surface area contributed by atoms with Crippen molar-refractivity contribution in [2.24, 2.45) is 5.41 Å². The molecule has 1 rings (SSSR count). The van der Waals surface area contributed by atoms with Gasteiger partial charge in [-0.25, -0.2) is 4.79 Å². The van der Waals surface area contributed by atoms with Crippen molar-refractivity contribution in [2.75, 3.05) is 6.61 Å². The Balaban J connectivity index is 2.91. The van der Waals surface area contributed by atoms with Crippen LogP contribution in [0.2, 0.25) is 0 Å². The molecule has 0 bridgehead atoms. The van der Waals surface area contributed by atoms with Gasteiger partial charge in [0.25, 0.3) is 0 Å². The van der Waals surface area contributed by atoms with Crippen molar-refractivity contribution in [3.05, 3.63) is 30.1 Å². The van der Waals surface area contributed by atoms with Crippen LogP contribution in [-0.2, 0) is 19.1 Å². The lowest BCUT2D eigenvalue weighted by Gasteiger charge is -2.21. The van der Waals surface area contributed by atoms with E-state index in [1.807, 2.05) is 6.92 Å². The summed E-state index contributed by atoms with van der Waals surface area (Å²) in [5, 5.41) is 0. The fourth-order valence-corrected chi connectivity index (χ4v) is 1.32. The van der Waals surface area contributed by atoms with Gasteiger partial charge in [-0.15, -0.1) is 0 Å². The van der Waals surface area contributed by atoms with Gasteiger partial charge in [0.05, 0.1) is 17.7 Å². The maximum Gasteiger partial charge on any atom is 0.353 e. The summed E-state index contributed by atoms with van der Waals surface area (Å²) < 4.78 is 10.3. The number of carbonyl (C=O) groups excluding carboxylic acids is 2. The maximum atomic E-state index is 12.0. The van der Waals surface area contributed by atoms with E-state index in [-0.39, 0.29) is 6.61 Å². The molecule has 0 saturated heterocycles. The highest BCUT2D eigenvalue weighted by atomic mass is 16.6. The maximum absolute atomic E-state index is 12.0. The predicted octanol–water partition coefficient (Wildman–Crippen LogP) is 2.67. The predicted molar refractivity (Wildman–Crippen MR) is 73.8 cm³/mol. The van der Waals surface area contributed by atoms with Crippen molar-refractivity contribution in [3.8, 4) is 0 Å². The van der Waals surface area contributed by atoms with Crippen molar-refractivity contribution >= 4 is 11.9 Å². The third kappa shape index (κ3) is 4.64. The topological polar surface area (TPSA) is 65.5 Å². The number of hydrogen-bond acceptors (Lipinski definition) is 5. The van der Waals surface area contributed by atoms with Gasteiger partial charge in [0, 0.05) is 6.20 Å². The van der Waals surface area contributed by atoms with Crippen LogP contribution in [0.4, 0.5) is 0 Å². The molecule has 0 spiro atoms. The molecular formula is C15H21NO4. The Kier molecular flexibility index (Phi) is 5.67. The summed E-state index contributed by atoms with van der Waals surface area (Å²) >= 11 is 0. The molecule has 0 aliphatic rings. The van der Waals surface area contributed by atoms with Crippen molar-refractivity contribution in [1.29, 1.82) is 0 Å². The minimum absolute atomic E-state index is 0.287. The second-order valence-electron chi connectivity index (χ2n) is 5.46. The molecule has 0 radical (unpaired) electrons. The van der Waals surface area contributed by atoms with Crippen LogP contribution in [0.25, 0.3) is 0 Å². The van der Waals surface area contributed by atoms with Gasteiger partial charge in [0.15, 0.2) is 0 Å². The molecule has 0 saturated carbocycles. The van der Waals surface area contributed by atoms with Crippen molar-refractivity contribution in [1.82, 2.24) is 4.98 Å². The number of carbonyl (C=O) groups is 2. The van der Waals surface area contributed by atoms with Crippen LogP contribution >= 0.6 is 0 Å². The number of esters is 2. The highest BCUT2D eigenvalue weighted by Gasteiger charge is 2.32. The first-order chi connectivity index (χ1) is 9.36. The van der Waals surface area contributed by atoms with Crippen molar-refractivity contribution in [3.63, 3.8) is 0 Å². The lowest BCUT2D eigenvalue weighted by molar-refractivity contribution is -0.174. The van der Waals surface area contributed by atoms with E-state index < -0.39 is 23.5 Å². The minimum atomic E-state index is -1.12. The number of ether oxygens (including phenoxy) is 2. The molecule has 20 heavy (non-hydrogen) atoms. The lowest BCUT2D eigenvalue weighted by Crippen LogP contribution is -2.29. The molecule has 1 aromatic rings. The van der Waals surface area contributed by atoms with E-state index in [1.165, 1.54) is 0 Å². The Labute approximate surface area is 119 Å². The highest BCUT2D eigenvalue weighted by molar-refractivity contribution is 5.82. The Hall–Kier alpha value is -1.91. The fourth-order valence-electron chi connectivity index (χ4n) is 1.32. The van der Waals surface area contributed by atoms with Crippen LogP contribution in [0.5, 0.6) is 0 Å². The van der Waals surface area contributed by atoms with Crippen LogP contribution in [0.3, 0.4) is 0 Å². The molecule has 0 aliphatic carbocycles. The van der Waals surface area contributed by atoms with Gasteiger partial charge < -0.3 is 9.47 Å². The second-order valence-corrected chi connectivity index (χ2v) is 5.46. The van der Waals surface area contributed by atoms with Crippen LogP contribution in [0, 0.1) is 5.41 Å². The first-order valence-electron chi connectivity index (χ1n) is 6.65. The normalized spacial score (nSPS) is 12.6. The molecule has 0 aliphatic heterocycles. The molecule has 1 aromatic heterocycles. The summed E-state index contributed by atoms with van der Waals surface area (Å²) in [7, 11) is 0. The number of aromatic nitrogens is 1. The van der Waals surface area contributed by atoms with Crippen molar-refractivity contribution in [2.45, 2.75) is 40.2 Å². The number of hydrogen-bond donors (Lipinski definition) is 0. The monoisotopic (exact) mass is 279 g/mol. The second kappa shape index (κ2) is 7.03. The molecule has 5 nitrogen and oxygen atoms in total. The third-order valence-corrected chi connectivity index (χ3v) is 2.46. The van der Waals surface area contributed by atoms with Gasteiger partial charge in [-0.05, 0) is 39.3 Å². The molecule has 1 heterocycles. The Morgan fingerprint density at radius 2 is 2.00 bits per heavy atom. The van der Waals surface area contributed by atoms with E-state index in [1.54, 1.807) is 45.2 Å². The fraction of sp³-hybridized carbons (Fsp3) is 0.533. The van der Waals surface area contributed by atoms with E-state index >= 15 is 0 Å². The zero-order valence-corrected chi connectivity index (χ0v) is 12.4. The number of rotatable bonds is 5. The van der Waals surface area contributed by atoms with Crippen LogP contribution in [-0.4, -0.2) is 23.5 Å². The molecule has 5 heteroatoms. The van der Waals surface area contributed by atoms with Crippen LogP contribution in [0.15, 0.2) is 24.4 Å². The highest BCUT2D eigenvalue weighted by Crippen LogP contribution is 2.23. The van der Waals surface area contributed by atoms with E-state index in [0.717, 1.165) is 0 Å². The molecule has 1 unspecified atom stereocenters. The molecule has 0 N–H and O–H groups in total. The van der Waals surface area contributed by atoms with Gasteiger partial charge in [0.1, 0.15) is 0 Å². The molecular weight excluding hydrogens is 258 g/mol. The molecule has 0 aromatic carbocycles. The van der Waals surface area contributed by atoms with Crippen LogP contribution in [0.1, 0.15) is 45.9 Å². The average molecular weight is 279 g/mol. The molecule has 0 amide bonds. The van der Waals surface area contributed by atoms with E-state index in [0.29, 0.717) is 12.1 Å². The number of pyridine rings is 1. The lowest BCUT2D eigenvalue weighted by atomic mass is 9.97. The van der Waals surface area contributed by atoms with E-state index in [9.17, 15) is 9.59 Å². The summed E-state index contributed by atoms with van der Waals surface area (Å²) in [5.41, 5.74) is -0.330. The van der Waals surface area contributed by atoms with Crippen molar-refractivity contribution < 1.29 is 19.1 Å². The average Bonchev–Trinajstić information content (AvgIpc) is 2.41. The van der Waals surface area contributed by atoms with E-state index in [4.69, 9.17) is 9.47 Å². The zero-order valence-electron chi connectivity index (χ0n) is 12.4.